The van der Waals surface area contributed by atoms with Gasteiger partial charge in [-0.3, -0.25) is 0 Å². The fraction of sp³-hybridized carbons (Fsp3) is 0.800. The van der Waals surface area contributed by atoms with E-state index in [1.165, 1.54) is 38.5 Å². The molecule has 0 nitrogen and oxygen atoms in total. The number of hydrogen-bond donors (Lipinski definition) is 0. The molecule has 2 fully saturated rings. The van der Waals surface area contributed by atoms with Gasteiger partial charge in [-0.25, -0.2) is 0 Å². The maximum atomic E-state index is 3.84. The molecule has 0 aromatic rings. The number of allylic oxidation sites excluding steroid dienone is 1. The van der Waals surface area contributed by atoms with Gasteiger partial charge in [0.05, 0.1) is 0 Å². The first-order valence-electron chi connectivity index (χ1n) is 4.48. The molecule has 0 heterocycles. The van der Waals surface area contributed by atoms with Gasteiger partial charge >= 0.3 is 0 Å². The molecule has 0 N–H and O–H groups in total. The molecule has 0 aromatic carbocycles. The fourth-order valence-corrected chi connectivity index (χ4v) is 2.90. The first-order valence-corrected chi connectivity index (χ1v) is 4.48. The Hall–Kier alpha value is -0.260. The Labute approximate surface area is 63.3 Å². The largest absolute Gasteiger partial charge is 0.103 e. The van der Waals surface area contributed by atoms with Crippen LogP contribution in [0.15, 0.2) is 12.7 Å². The molecule has 2 atom stereocenters. The number of fused-ring (bicyclic) bond motifs is 1. The lowest BCUT2D eigenvalue weighted by molar-refractivity contribution is 0.0684. The molecule has 2 rings (SSSR count). The van der Waals surface area contributed by atoms with Crippen molar-refractivity contribution in [2.75, 3.05) is 0 Å². The Balaban J connectivity index is 2.06. The molecule has 2 aliphatic rings. The third-order valence-corrected chi connectivity index (χ3v) is 3.63. The summed E-state index contributed by atoms with van der Waals surface area (Å²) >= 11 is 0. The van der Waals surface area contributed by atoms with Crippen LogP contribution < -0.4 is 0 Å². The molecule has 10 heavy (non-hydrogen) atoms. The Morgan fingerprint density at radius 2 is 2.30 bits per heavy atom. The first kappa shape index (κ1) is 6.45. The van der Waals surface area contributed by atoms with Gasteiger partial charge in [0.1, 0.15) is 0 Å². The maximum Gasteiger partial charge on any atom is -0.0235 e. The molecule has 2 saturated carbocycles. The van der Waals surface area contributed by atoms with Gasteiger partial charge in [0.2, 0.25) is 0 Å². The summed E-state index contributed by atoms with van der Waals surface area (Å²) in [6.07, 6.45) is 10.9. The zero-order valence-corrected chi connectivity index (χ0v) is 6.60. The monoisotopic (exact) mass is 136 g/mol. The predicted molar refractivity (Wildman–Crippen MR) is 43.8 cm³/mol. The van der Waals surface area contributed by atoms with Crippen molar-refractivity contribution in [2.45, 2.75) is 38.5 Å². The summed E-state index contributed by atoms with van der Waals surface area (Å²) in [6.45, 7) is 3.84. The lowest BCUT2D eigenvalue weighted by atomic mass is 9.60. The average molecular weight is 136 g/mol. The van der Waals surface area contributed by atoms with Gasteiger partial charge in [0, 0.05) is 0 Å². The normalized spacial score (nSPS) is 44.2. The zero-order chi connectivity index (χ0) is 7.03. The van der Waals surface area contributed by atoms with Crippen molar-refractivity contribution in [1.82, 2.24) is 0 Å². The van der Waals surface area contributed by atoms with E-state index in [4.69, 9.17) is 0 Å². The van der Waals surface area contributed by atoms with Gasteiger partial charge < -0.3 is 0 Å². The highest BCUT2D eigenvalue weighted by atomic mass is 14.5. The number of rotatable bonds is 2. The maximum absolute atomic E-state index is 3.84. The van der Waals surface area contributed by atoms with Gasteiger partial charge in [0.25, 0.3) is 0 Å². The zero-order valence-electron chi connectivity index (χ0n) is 6.60. The quantitative estimate of drug-likeness (QED) is 0.511. The van der Waals surface area contributed by atoms with E-state index in [0.29, 0.717) is 0 Å². The third-order valence-electron chi connectivity index (χ3n) is 3.63. The fourth-order valence-electron chi connectivity index (χ4n) is 2.90. The topological polar surface area (TPSA) is 0 Å². The lowest BCUT2D eigenvalue weighted by Crippen LogP contribution is -2.34. The lowest BCUT2D eigenvalue weighted by Gasteiger charge is -2.44. The summed E-state index contributed by atoms with van der Waals surface area (Å²) in [7, 11) is 0. The Bertz CT molecular complexity index is 148. The molecule has 0 heteroatoms. The Morgan fingerprint density at radius 3 is 2.80 bits per heavy atom. The van der Waals surface area contributed by atoms with Crippen LogP contribution in [-0.2, 0) is 0 Å². The Morgan fingerprint density at radius 1 is 1.40 bits per heavy atom. The molecule has 2 unspecified atom stereocenters. The van der Waals surface area contributed by atoms with Crippen LogP contribution in [-0.4, -0.2) is 0 Å². The summed E-state index contributed by atoms with van der Waals surface area (Å²) < 4.78 is 0. The van der Waals surface area contributed by atoms with Crippen LogP contribution in [0.25, 0.3) is 0 Å². The summed E-state index contributed by atoms with van der Waals surface area (Å²) in [4.78, 5) is 0. The van der Waals surface area contributed by atoms with E-state index in [1.807, 2.05) is 0 Å². The second-order valence-corrected chi connectivity index (χ2v) is 3.98. The van der Waals surface area contributed by atoms with Crippen LogP contribution in [0.2, 0.25) is 0 Å². The van der Waals surface area contributed by atoms with Crippen molar-refractivity contribution in [1.29, 1.82) is 0 Å². The highest BCUT2D eigenvalue weighted by molar-refractivity contribution is 5.02. The second kappa shape index (κ2) is 2.11. The van der Waals surface area contributed by atoms with E-state index < -0.39 is 0 Å². The third kappa shape index (κ3) is 0.680. The van der Waals surface area contributed by atoms with Crippen molar-refractivity contribution < 1.29 is 0 Å². The van der Waals surface area contributed by atoms with Crippen LogP contribution in [0.5, 0.6) is 0 Å². The van der Waals surface area contributed by atoms with E-state index in [2.05, 4.69) is 12.7 Å². The molecule has 0 radical (unpaired) electrons. The minimum Gasteiger partial charge on any atom is -0.103 e. The minimum atomic E-state index is 0.766. The molecule has 0 saturated heterocycles. The Kier molecular flexibility index (Phi) is 1.36. The molecular weight excluding hydrogens is 120 g/mol. The average Bonchev–Trinajstić information content (AvgIpc) is 2.15. The van der Waals surface area contributed by atoms with Crippen LogP contribution in [0.3, 0.4) is 0 Å². The standard InChI is InChI=1S/C10H16/c1-2-6-10-7-3-4-9(10)5-8-10/h2,9H,1,3-8H2. The molecule has 0 spiro atoms. The first-order chi connectivity index (χ1) is 4.87. The van der Waals surface area contributed by atoms with Gasteiger partial charge in [-0.2, -0.15) is 0 Å². The number of hydrogen-bond acceptors (Lipinski definition) is 0. The van der Waals surface area contributed by atoms with E-state index in [9.17, 15) is 0 Å². The molecular formula is C10H16. The smallest absolute Gasteiger partial charge is 0.0235 e. The van der Waals surface area contributed by atoms with E-state index >= 15 is 0 Å². The van der Waals surface area contributed by atoms with Gasteiger partial charge in [-0.1, -0.05) is 12.5 Å². The van der Waals surface area contributed by atoms with Gasteiger partial charge in [-0.15, -0.1) is 6.58 Å². The summed E-state index contributed by atoms with van der Waals surface area (Å²) in [5.74, 6) is 1.09. The molecule has 0 aromatic heterocycles. The van der Waals surface area contributed by atoms with Crippen molar-refractivity contribution in [3.05, 3.63) is 12.7 Å². The predicted octanol–water partition coefficient (Wildman–Crippen LogP) is 3.14. The van der Waals surface area contributed by atoms with Crippen molar-refractivity contribution in [3.8, 4) is 0 Å². The van der Waals surface area contributed by atoms with Crippen LogP contribution in [0.1, 0.15) is 38.5 Å². The van der Waals surface area contributed by atoms with Crippen molar-refractivity contribution in [2.24, 2.45) is 11.3 Å². The summed E-state index contributed by atoms with van der Waals surface area (Å²) in [5.41, 5.74) is 0.766. The van der Waals surface area contributed by atoms with E-state index in [-0.39, 0.29) is 0 Å². The van der Waals surface area contributed by atoms with Crippen LogP contribution >= 0.6 is 0 Å². The second-order valence-electron chi connectivity index (χ2n) is 3.98. The van der Waals surface area contributed by atoms with Crippen LogP contribution in [0, 0.1) is 11.3 Å². The molecule has 0 aliphatic heterocycles. The van der Waals surface area contributed by atoms with E-state index in [0.717, 1.165) is 11.3 Å². The minimum absolute atomic E-state index is 0.766. The molecule has 2 aliphatic carbocycles. The molecule has 56 valence electrons. The molecule has 0 bridgehead atoms. The summed E-state index contributed by atoms with van der Waals surface area (Å²) in [6, 6.07) is 0. The highest BCUT2D eigenvalue weighted by Gasteiger charge is 2.48. The highest BCUT2D eigenvalue weighted by Crippen LogP contribution is 2.59. The van der Waals surface area contributed by atoms with E-state index in [1.54, 1.807) is 0 Å². The summed E-state index contributed by atoms with van der Waals surface area (Å²) in [5, 5.41) is 0. The van der Waals surface area contributed by atoms with Gasteiger partial charge in [0.15, 0.2) is 0 Å². The molecule has 0 amide bonds. The van der Waals surface area contributed by atoms with Gasteiger partial charge in [-0.05, 0) is 43.4 Å². The SMILES string of the molecule is C=CCC12CCCC1CC2. The van der Waals surface area contributed by atoms with Crippen LogP contribution in [0.4, 0.5) is 0 Å². The van der Waals surface area contributed by atoms with Crippen molar-refractivity contribution >= 4 is 0 Å². The van der Waals surface area contributed by atoms with Crippen molar-refractivity contribution in [3.63, 3.8) is 0 Å².